The van der Waals surface area contributed by atoms with Gasteiger partial charge in [0.1, 0.15) is 11.6 Å². The second-order valence-electron chi connectivity index (χ2n) is 6.88. The normalized spacial score (nSPS) is 14.0. The molecule has 148 valence electrons. The zero-order valence-corrected chi connectivity index (χ0v) is 16.0. The van der Waals surface area contributed by atoms with Gasteiger partial charge in [-0.2, -0.15) is 0 Å². The molecule has 1 saturated heterocycles. The van der Waals surface area contributed by atoms with E-state index in [4.69, 9.17) is 0 Å². The minimum absolute atomic E-state index is 0.0514. The van der Waals surface area contributed by atoms with Crippen molar-refractivity contribution in [1.82, 2.24) is 14.9 Å². The number of hydrogen-bond donors (Lipinski definition) is 1. The van der Waals surface area contributed by atoms with Gasteiger partial charge in [0.15, 0.2) is 0 Å². The molecule has 2 aromatic heterocycles. The number of rotatable bonds is 5. The second-order valence-corrected chi connectivity index (χ2v) is 6.88. The summed E-state index contributed by atoms with van der Waals surface area (Å²) >= 11 is 0. The number of hydrogen-bond acceptors (Lipinski definition) is 5. The molecule has 4 rings (SSSR count). The Balaban J connectivity index is 1.32. The van der Waals surface area contributed by atoms with Gasteiger partial charge >= 0.3 is 0 Å². The van der Waals surface area contributed by atoms with Crippen molar-refractivity contribution in [2.45, 2.75) is 6.54 Å². The van der Waals surface area contributed by atoms with Crippen LogP contribution >= 0.6 is 0 Å². The highest BCUT2D eigenvalue weighted by molar-refractivity contribution is 5.94. The Morgan fingerprint density at radius 3 is 2.52 bits per heavy atom. The molecule has 0 atom stereocenters. The molecule has 7 heteroatoms. The fourth-order valence-electron chi connectivity index (χ4n) is 3.36. The van der Waals surface area contributed by atoms with Gasteiger partial charge in [-0.15, -0.1) is 0 Å². The predicted molar refractivity (Wildman–Crippen MR) is 110 cm³/mol. The molecular formula is C22H22FN5O. The van der Waals surface area contributed by atoms with Crippen LogP contribution in [0.25, 0.3) is 0 Å². The molecule has 0 bridgehead atoms. The molecule has 0 radical (unpaired) electrons. The van der Waals surface area contributed by atoms with Crippen molar-refractivity contribution in [2.75, 3.05) is 36.4 Å². The van der Waals surface area contributed by atoms with Gasteiger partial charge in [-0.3, -0.25) is 9.78 Å². The molecule has 1 fully saturated rings. The van der Waals surface area contributed by atoms with Crippen LogP contribution in [-0.2, 0) is 6.54 Å². The number of nitrogens with one attached hydrogen (secondary N) is 1. The fourth-order valence-corrected chi connectivity index (χ4v) is 3.36. The van der Waals surface area contributed by atoms with Gasteiger partial charge in [-0.25, -0.2) is 9.37 Å². The zero-order chi connectivity index (χ0) is 20.1. The van der Waals surface area contributed by atoms with Gasteiger partial charge < -0.3 is 15.1 Å². The minimum atomic E-state index is -0.231. The summed E-state index contributed by atoms with van der Waals surface area (Å²) in [7, 11) is 0. The van der Waals surface area contributed by atoms with Crippen LogP contribution in [-0.4, -0.2) is 47.0 Å². The predicted octanol–water partition coefficient (Wildman–Crippen LogP) is 3.19. The van der Waals surface area contributed by atoms with E-state index in [9.17, 15) is 9.18 Å². The lowest BCUT2D eigenvalue weighted by molar-refractivity contribution is 0.0746. The number of carbonyl (C=O) groups is 1. The number of nitrogens with zero attached hydrogens (tertiary/aromatic N) is 4. The summed E-state index contributed by atoms with van der Waals surface area (Å²) in [6, 6.07) is 14.2. The molecule has 6 nitrogen and oxygen atoms in total. The zero-order valence-electron chi connectivity index (χ0n) is 16.0. The van der Waals surface area contributed by atoms with Gasteiger partial charge in [0.2, 0.25) is 0 Å². The summed E-state index contributed by atoms with van der Waals surface area (Å²) in [6.07, 6.45) is 5.13. The number of halogens is 1. The SMILES string of the molecule is O=C(c1ccc(NCc2cccnc2)nc1)N1CCN(c2ccccc2F)CC1. The molecule has 0 unspecified atom stereocenters. The van der Waals surface area contributed by atoms with Crippen molar-refractivity contribution < 1.29 is 9.18 Å². The van der Waals surface area contributed by atoms with E-state index in [0.717, 1.165) is 5.56 Å². The first kappa shape index (κ1) is 18.9. The molecule has 1 aromatic carbocycles. The third kappa shape index (κ3) is 4.51. The highest BCUT2D eigenvalue weighted by atomic mass is 19.1. The molecule has 29 heavy (non-hydrogen) atoms. The third-order valence-electron chi connectivity index (χ3n) is 4.97. The quantitative estimate of drug-likeness (QED) is 0.724. The smallest absolute Gasteiger partial charge is 0.255 e. The molecule has 0 saturated carbocycles. The Labute approximate surface area is 169 Å². The average Bonchev–Trinajstić information content (AvgIpc) is 2.79. The molecule has 0 spiro atoms. The van der Waals surface area contributed by atoms with Crippen LogP contribution in [0.4, 0.5) is 15.9 Å². The first-order valence-electron chi connectivity index (χ1n) is 9.58. The first-order valence-corrected chi connectivity index (χ1v) is 9.58. The third-order valence-corrected chi connectivity index (χ3v) is 4.97. The minimum Gasteiger partial charge on any atom is -0.366 e. The number of para-hydroxylation sites is 1. The van der Waals surface area contributed by atoms with Crippen LogP contribution in [0.1, 0.15) is 15.9 Å². The van der Waals surface area contributed by atoms with E-state index in [1.165, 1.54) is 6.07 Å². The lowest BCUT2D eigenvalue weighted by atomic mass is 10.2. The molecule has 1 amide bonds. The topological polar surface area (TPSA) is 61.4 Å². The van der Waals surface area contributed by atoms with Crippen molar-refractivity contribution in [1.29, 1.82) is 0 Å². The number of aromatic nitrogens is 2. The van der Waals surface area contributed by atoms with Crippen LogP contribution in [0.3, 0.4) is 0 Å². The van der Waals surface area contributed by atoms with E-state index >= 15 is 0 Å². The summed E-state index contributed by atoms with van der Waals surface area (Å²) in [4.78, 5) is 25.0. The van der Waals surface area contributed by atoms with Crippen molar-refractivity contribution in [3.63, 3.8) is 0 Å². The standard InChI is InChI=1S/C22H22FN5O/c23-19-5-1-2-6-20(19)27-10-12-28(13-11-27)22(29)18-7-8-21(26-16-18)25-15-17-4-3-9-24-14-17/h1-9,14,16H,10-13,15H2,(H,25,26). The summed E-state index contributed by atoms with van der Waals surface area (Å²) in [5, 5.41) is 3.22. The number of amides is 1. The maximum atomic E-state index is 14.0. The number of benzene rings is 1. The Kier molecular flexibility index (Phi) is 5.65. The summed E-state index contributed by atoms with van der Waals surface area (Å²) < 4.78 is 14.0. The Morgan fingerprint density at radius 1 is 1.00 bits per heavy atom. The molecule has 3 heterocycles. The van der Waals surface area contributed by atoms with Gasteiger partial charge in [0.25, 0.3) is 5.91 Å². The van der Waals surface area contributed by atoms with Crippen molar-refractivity contribution in [3.05, 3.63) is 84.1 Å². The maximum absolute atomic E-state index is 14.0. The monoisotopic (exact) mass is 391 g/mol. The van der Waals surface area contributed by atoms with E-state index in [2.05, 4.69) is 15.3 Å². The number of pyridine rings is 2. The number of carbonyl (C=O) groups excluding carboxylic acids is 1. The van der Waals surface area contributed by atoms with Crippen molar-refractivity contribution in [3.8, 4) is 0 Å². The van der Waals surface area contributed by atoms with Crippen LogP contribution in [0.15, 0.2) is 67.1 Å². The Bertz CT molecular complexity index is 956. The van der Waals surface area contributed by atoms with E-state index < -0.39 is 0 Å². The van der Waals surface area contributed by atoms with Crippen molar-refractivity contribution in [2.24, 2.45) is 0 Å². The Hall–Kier alpha value is -3.48. The fraction of sp³-hybridized carbons (Fsp3) is 0.227. The lowest BCUT2D eigenvalue weighted by Crippen LogP contribution is -2.49. The van der Waals surface area contributed by atoms with Gasteiger partial charge in [-0.1, -0.05) is 18.2 Å². The summed E-state index contributed by atoms with van der Waals surface area (Å²) in [5.74, 6) is 0.421. The molecule has 1 aliphatic rings. The van der Waals surface area contributed by atoms with Gasteiger partial charge in [0.05, 0.1) is 11.3 Å². The number of anilines is 2. The average molecular weight is 391 g/mol. The first-order chi connectivity index (χ1) is 14.2. The molecular weight excluding hydrogens is 369 g/mol. The van der Waals surface area contributed by atoms with Gasteiger partial charge in [-0.05, 0) is 35.9 Å². The molecule has 1 aliphatic heterocycles. The van der Waals surface area contributed by atoms with Crippen LogP contribution in [0.5, 0.6) is 0 Å². The second kappa shape index (κ2) is 8.68. The molecule has 0 aliphatic carbocycles. The van der Waals surface area contributed by atoms with E-state index in [0.29, 0.717) is 49.8 Å². The van der Waals surface area contributed by atoms with Crippen LogP contribution in [0.2, 0.25) is 0 Å². The highest BCUT2D eigenvalue weighted by Crippen LogP contribution is 2.21. The highest BCUT2D eigenvalue weighted by Gasteiger charge is 2.23. The van der Waals surface area contributed by atoms with Gasteiger partial charge in [0, 0.05) is 51.3 Å². The van der Waals surface area contributed by atoms with E-state index in [-0.39, 0.29) is 11.7 Å². The largest absolute Gasteiger partial charge is 0.366 e. The summed E-state index contributed by atoms with van der Waals surface area (Å²) in [5.41, 5.74) is 2.20. The van der Waals surface area contributed by atoms with Crippen molar-refractivity contribution >= 4 is 17.4 Å². The molecule has 1 N–H and O–H groups in total. The lowest BCUT2D eigenvalue weighted by Gasteiger charge is -2.36. The summed E-state index contributed by atoms with van der Waals surface area (Å²) in [6.45, 7) is 2.92. The number of piperazine rings is 1. The van der Waals surface area contributed by atoms with Crippen LogP contribution < -0.4 is 10.2 Å². The van der Waals surface area contributed by atoms with E-state index in [1.54, 1.807) is 47.8 Å². The van der Waals surface area contributed by atoms with Crippen LogP contribution in [0, 0.1) is 5.82 Å². The molecule has 3 aromatic rings. The van der Waals surface area contributed by atoms with E-state index in [1.807, 2.05) is 23.1 Å². The maximum Gasteiger partial charge on any atom is 0.255 e. The Morgan fingerprint density at radius 2 is 1.83 bits per heavy atom.